The van der Waals surface area contributed by atoms with Crippen LogP contribution >= 0.6 is 34.4 Å². The van der Waals surface area contributed by atoms with Crippen LogP contribution in [0.25, 0.3) is 0 Å². The van der Waals surface area contributed by atoms with Crippen molar-refractivity contribution in [2.75, 3.05) is 17.7 Å². The second kappa shape index (κ2) is 9.39. The maximum Gasteiger partial charge on any atom is 0.348 e. The van der Waals surface area contributed by atoms with Gasteiger partial charge in [0.25, 0.3) is 0 Å². The lowest BCUT2D eigenvalue weighted by Gasteiger charge is -2.21. The summed E-state index contributed by atoms with van der Waals surface area (Å²) in [7, 11) is 0. The number of thioether (sulfide) groups is 1. The molecule has 1 aliphatic carbocycles. The highest BCUT2D eigenvalue weighted by Crippen LogP contribution is 2.37. The van der Waals surface area contributed by atoms with Gasteiger partial charge in [-0.3, -0.25) is 0 Å². The summed E-state index contributed by atoms with van der Waals surface area (Å²) in [4.78, 5) is 12.6. The van der Waals surface area contributed by atoms with E-state index in [1.807, 2.05) is 0 Å². The lowest BCUT2D eigenvalue weighted by atomic mass is 9.96. The first-order chi connectivity index (χ1) is 13.1. The van der Waals surface area contributed by atoms with Crippen LogP contribution in [-0.2, 0) is 10.5 Å². The molecule has 7 nitrogen and oxygen atoms in total. The molecule has 1 aliphatic rings. The first-order valence-electron chi connectivity index (χ1n) is 8.83. The molecule has 0 spiro atoms. The molecule has 0 aliphatic heterocycles. The van der Waals surface area contributed by atoms with E-state index in [1.54, 1.807) is 6.92 Å². The van der Waals surface area contributed by atoms with Crippen LogP contribution < -0.4 is 11.1 Å². The molecule has 3 rings (SSSR count). The van der Waals surface area contributed by atoms with Crippen molar-refractivity contribution in [3.8, 4) is 6.07 Å². The second-order valence-electron chi connectivity index (χ2n) is 6.12. The van der Waals surface area contributed by atoms with E-state index in [0.717, 1.165) is 20.8 Å². The van der Waals surface area contributed by atoms with Gasteiger partial charge in [-0.05, 0) is 19.8 Å². The topological polar surface area (TPSA) is 114 Å². The van der Waals surface area contributed by atoms with Crippen LogP contribution in [0, 0.1) is 11.3 Å². The zero-order valence-corrected chi connectivity index (χ0v) is 17.4. The standard InChI is InChI=1S/C17H21N5O2S3/c1-2-24-15(23)13-12(11(8-18)14(19)26-13)9-25-17-22-21-16(27-17)20-10-6-4-3-5-7-10/h10H,2-7,9,19H2,1H3,(H,20,21). The van der Waals surface area contributed by atoms with Crippen LogP contribution in [0.3, 0.4) is 0 Å². The number of hydrogen-bond donors (Lipinski definition) is 2. The number of carbonyl (C=O) groups is 1. The second-order valence-corrected chi connectivity index (χ2v) is 9.37. The average molecular weight is 424 g/mol. The zero-order valence-electron chi connectivity index (χ0n) is 15.0. The Morgan fingerprint density at radius 3 is 2.85 bits per heavy atom. The van der Waals surface area contributed by atoms with E-state index in [0.29, 0.717) is 32.8 Å². The number of hydrogen-bond acceptors (Lipinski definition) is 10. The number of anilines is 2. The molecule has 10 heteroatoms. The Morgan fingerprint density at radius 1 is 1.37 bits per heavy atom. The molecule has 0 amide bonds. The number of ether oxygens (including phenoxy) is 1. The molecule has 2 aromatic rings. The van der Waals surface area contributed by atoms with E-state index in [2.05, 4.69) is 21.6 Å². The molecule has 3 N–H and O–H groups in total. The molecule has 0 unspecified atom stereocenters. The van der Waals surface area contributed by atoms with Crippen molar-refractivity contribution in [1.82, 2.24) is 10.2 Å². The molecule has 1 fully saturated rings. The first kappa shape index (κ1) is 19.9. The van der Waals surface area contributed by atoms with Crippen molar-refractivity contribution in [2.45, 2.75) is 55.2 Å². The van der Waals surface area contributed by atoms with Crippen molar-refractivity contribution in [3.63, 3.8) is 0 Å². The number of nitriles is 1. The molecule has 0 aromatic carbocycles. The Morgan fingerprint density at radius 2 is 2.15 bits per heavy atom. The number of rotatable bonds is 7. The Kier molecular flexibility index (Phi) is 6.93. The molecule has 0 radical (unpaired) electrons. The van der Waals surface area contributed by atoms with Gasteiger partial charge in [0, 0.05) is 17.4 Å². The average Bonchev–Trinajstić information content (AvgIpc) is 3.24. The monoisotopic (exact) mass is 423 g/mol. The van der Waals surface area contributed by atoms with Crippen LogP contribution in [-0.4, -0.2) is 28.8 Å². The summed E-state index contributed by atoms with van der Waals surface area (Å²) in [5.74, 6) is -0.0220. The number of carbonyl (C=O) groups excluding carboxylic acids is 1. The van der Waals surface area contributed by atoms with Gasteiger partial charge in [0.05, 0.1) is 12.2 Å². The van der Waals surface area contributed by atoms with Gasteiger partial charge in [-0.1, -0.05) is 42.4 Å². The van der Waals surface area contributed by atoms with Crippen LogP contribution in [0.5, 0.6) is 0 Å². The van der Waals surface area contributed by atoms with Gasteiger partial charge >= 0.3 is 5.97 Å². The third kappa shape index (κ3) is 4.91. The largest absolute Gasteiger partial charge is 0.462 e. The first-order valence-corrected chi connectivity index (χ1v) is 11.5. The summed E-state index contributed by atoms with van der Waals surface area (Å²) in [6.45, 7) is 2.02. The number of nitrogens with two attached hydrogens (primary N) is 1. The Balaban J connectivity index is 1.68. The van der Waals surface area contributed by atoms with Crippen molar-refractivity contribution >= 4 is 50.5 Å². The quantitative estimate of drug-likeness (QED) is 0.501. The number of nitrogens with zero attached hydrogens (tertiary/aromatic N) is 3. The fraction of sp³-hybridized carbons (Fsp3) is 0.529. The lowest BCUT2D eigenvalue weighted by Crippen LogP contribution is -2.21. The summed E-state index contributed by atoms with van der Waals surface area (Å²) in [6.07, 6.45) is 6.16. The number of thiophene rings is 1. The third-order valence-electron chi connectivity index (χ3n) is 4.29. The molecule has 0 bridgehead atoms. The Bertz CT molecular complexity index is 836. The highest BCUT2D eigenvalue weighted by Gasteiger charge is 2.23. The normalized spacial score (nSPS) is 14.7. The fourth-order valence-corrected chi connectivity index (χ4v) is 5.87. The van der Waals surface area contributed by atoms with E-state index in [-0.39, 0.29) is 6.61 Å². The minimum absolute atomic E-state index is 0.276. The highest BCUT2D eigenvalue weighted by molar-refractivity contribution is 8.00. The van der Waals surface area contributed by atoms with Crippen molar-refractivity contribution in [1.29, 1.82) is 5.26 Å². The number of nitrogen functional groups attached to an aromatic ring is 1. The van der Waals surface area contributed by atoms with Crippen LogP contribution in [0.4, 0.5) is 10.1 Å². The van der Waals surface area contributed by atoms with Crippen LogP contribution in [0.2, 0.25) is 0 Å². The Labute approximate surface area is 170 Å². The summed E-state index contributed by atoms with van der Waals surface area (Å²) in [5, 5.41) is 22.4. The molecule has 0 saturated heterocycles. The van der Waals surface area contributed by atoms with E-state index in [9.17, 15) is 10.1 Å². The maximum atomic E-state index is 12.2. The van der Waals surface area contributed by atoms with Gasteiger partial charge in [-0.25, -0.2) is 4.79 Å². The highest BCUT2D eigenvalue weighted by atomic mass is 32.2. The van der Waals surface area contributed by atoms with Crippen molar-refractivity contribution in [3.05, 3.63) is 16.0 Å². The van der Waals surface area contributed by atoms with Crippen LogP contribution in [0.1, 0.15) is 59.8 Å². The SMILES string of the molecule is CCOC(=O)c1sc(N)c(C#N)c1CSc1nnc(NC2CCCCC2)s1. The van der Waals surface area contributed by atoms with E-state index in [1.165, 1.54) is 55.2 Å². The van der Waals surface area contributed by atoms with Gasteiger partial charge in [-0.2, -0.15) is 5.26 Å². The molecular formula is C17H21N5O2S3. The number of nitrogens with one attached hydrogen (secondary N) is 1. The molecule has 1 saturated carbocycles. The van der Waals surface area contributed by atoms with Gasteiger partial charge in [-0.15, -0.1) is 21.5 Å². The van der Waals surface area contributed by atoms with E-state index < -0.39 is 5.97 Å². The lowest BCUT2D eigenvalue weighted by molar-refractivity contribution is 0.0531. The van der Waals surface area contributed by atoms with Gasteiger partial charge in [0.15, 0.2) is 4.34 Å². The number of aromatic nitrogens is 2. The predicted octanol–water partition coefficient (Wildman–Crippen LogP) is 4.27. The minimum Gasteiger partial charge on any atom is -0.462 e. The summed E-state index contributed by atoms with van der Waals surface area (Å²) in [6, 6.07) is 2.57. The molecule has 2 aromatic heterocycles. The van der Waals surface area contributed by atoms with E-state index >= 15 is 0 Å². The maximum absolute atomic E-state index is 12.2. The predicted molar refractivity (Wildman–Crippen MR) is 109 cm³/mol. The fourth-order valence-electron chi connectivity index (χ4n) is 2.99. The zero-order chi connectivity index (χ0) is 19.2. The smallest absolute Gasteiger partial charge is 0.348 e. The van der Waals surface area contributed by atoms with Crippen molar-refractivity contribution < 1.29 is 9.53 Å². The van der Waals surface area contributed by atoms with Gasteiger partial charge in [0.1, 0.15) is 15.9 Å². The van der Waals surface area contributed by atoms with Crippen LogP contribution in [0.15, 0.2) is 4.34 Å². The molecule has 144 valence electrons. The molecule has 0 atom stereocenters. The third-order valence-corrected chi connectivity index (χ3v) is 7.34. The minimum atomic E-state index is -0.441. The molecular weight excluding hydrogens is 402 g/mol. The van der Waals surface area contributed by atoms with Gasteiger partial charge in [0.2, 0.25) is 5.13 Å². The summed E-state index contributed by atoms with van der Waals surface area (Å²) < 4.78 is 5.87. The summed E-state index contributed by atoms with van der Waals surface area (Å²) in [5.41, 5.74) is 6.87. The number of esters is 1. The Hall–Kier alpha value is -1.83. The molecule has 27 heavy (non-hydrogen) atoms. The van der Waals surface area contributed by atoms with E-state index in [4.69, 9.17) is 10.5 Å². The molecule has 2 heterocycles. The summed E-state index contributed by atoms with van der Waals surface area (Å²) >= 11 is 4.04. The van der Waals surface area contributed by atoms with Gasteiger partial charge < -0.3 is 15.8 Å². The van der Waals surface area contributed by atoms with Crippen molar-refractivity contribution in [2.24, 2.45) is 0 Å².